The Morgan fingerprint density at radius 3 is 2.77 bits per heavy atom. The van der Waals surface area contributed by atoms with E-state index in [0.29, 0.717) is 5.56 Å². The summed E-state index contributed by atoms with van der Waals surface area (Å²) in [6, 6.07) is 17.3. The van der Waals surface area contributed by atoms with E-state index in [9.17, 15) is 9.59 Å². The molecule has 1 aromatic heterocycles. The lowest BCUT2D eigenvalue weighted by atomic mass is 9.88. The van der Waals surface area contributed by atoms with Crippen LogP contribution in [0.5, 0.6) is 0 Å². The Hall–Kier alpha value is -3.15. The van der Waals surface area contributed by atoms with Crippen LogP contribution in [0.2, 0.25) is 0 Å². The third-order valence-electron chi connectivity index (χ3n) is 4.63. The molecule has 0 saturated carbocycles. The number of fused-ring (bicyclic) bond motifs is 1. The van der Waals surface area contributed by atoms with Crippen LogP contribution >= 0.6 is 0 Å². The van der Waals surface area contributed by atoms with E-state index in [0.717, 1.165) is 29.5 Å². The van der Waals surface area contributed by atoms with Gasteiger partial charge in [-0.15, -0.1) is 5.10 Å². The summed E-state index contributed by atoms with van der Waals surface area (Å²) in [6.45, 7) is -0.159. The van der Waals surface area contributed by atoms with Crippen LogP contribution in [0, 0.1) is 0 Å². The summed E-state index contributed by atoms with van der Waals surface area (Å²) >= 11 is 0. The van der Waals surface area contributed by atoms with E-state index >= 15 is 0 Å². The first-order valence-corrected chi connectivity index (χ1v) is 8.71. The summed E-state index contributed by atoms with van der Waals surface area (Å²) in [5.41, 5.74) is 3.13. The van der Waals surface area contributed by atoms with Crippen LogP contribution < -0.4 is 11.1 Å². The number of rotatable bonds is 4. The average Bonchev–Trinajstić information content (AvgIpc) is 3.03. The van der Waals surface area contributed by atoms with Gasteiger partial charge in [0.15, 0.2) is 0 Å². The standard InChI is InChI=1S/C20H19N3O3/c24-18(21-17-12-6-10-14-7-4-5-11-16(14)17)13-23-20(25)26-19(22-23)15-8-2-1-3-9-15/h1-5,7-9,11,17H,6,10,12-13H2,(H,21,24)/t17-/m1/s1. The van der Waals surface area contributed by atoms with Crippen molar-refractivity contribution in [3.63, 3.8) is 0 Å². The largest absolute Gasteiger partial charge is 0.437 e. The fourth-order valence-corrected chi connectivity index (χ4v) is 3.38. The summed E-state index contributed by atoms with van der Waals surface area (Å²) in [7, 11) is 0. The van der Waals surface area contributed by atoms with Gasteiger partial charge in [0.25, 0.3) is 0 Å². The molecule has 1 atom stereocenters. The highest BCUT2D eigenvalue weighted by atomic mass is 16.4. The van der Waals surface area contributed by atoms with E-state index in [1.54, 1.807) is 12.1 Å². The highest BCUT2D eigenvalue weighted by Gasteiger charge is 2.22. The second-order valence-electron chi connectivity index (χ2n) is 6.41. The van der Waals surface area contributed by atoms with E-state index in [4.69, 9.17) is 4.42 Å². The molecule has 0 bridgehead atoms. The van der Waals surface area contributed by atoms with Crippen molar-refractivity contribution < 1.29 is 9.21 Å². The molecule has 6 nitrogen and oxygen atoms in total. The lowest BCUT2D eigenvalue weighted by Gasteiger charge is -2.26. The molecule has 0 radical (unpaired) electrons. The van der Waals surface area contributed by atoms with E-state index < -0.39 is 5.76 Å². The minimum absolute atomic E-state index is 0.0244. The van der Waals surface area contributed by atoms with Crippen molar-refractivity contribution in [1.82, 2.24) is 15.1 Å². The Morgan fingerprint density at radius 1 is 1.15 bits per heavy atom. The lowest BCUT2D eigenvalue weighted by molar-refractivity contribution is -0.122. The van der Waals surface area contributed by atoms with E-state index in [1.165, 1.54) is 5.56 Å². The summed E-state index contributed by atoms with van der Waals surface area (Å²) in [4.78, 5) is 24.4. The maximum Gasteiger partial charge on any atom is 0.437 e. The molecule has 1 aliphatic rings. The number of carbonyl (C=O) groups is 1. The first-order valence-electron chi connectivity index (χ1n) is 8.71. The van der Waals surface area contributed by atoms with Crippen LogP contribution in [-0.2, 0) is 17.8 Å². The zero-order chi connectivity index (χ0) is 17.9. The Balaban J connectivity index is 1.48. The zero-order valence-corrected chi connectivity index (χ0v) is 14.2. The molecule has 4 rings (SSSR count). The minimum Gasteiger partial charge on any atom is -0.388 e. The maximum atomic E-state index is 12.4. The minimum atomic E-state index is -0.636. The molecule has 26 heavy (non-hydrogen) atoms. The maximum absolute atomic E-state index is 12.4. The van der Waals surface area contributed by atoms with Gasteiger partial charge in [0, 0.05) is 5.56 Å². The van der Waals surface area contributed by atoms with Gasteiger partial charge in [0.05, 0.1) is 6.04 Å². The van der Waals surface area contributed by atoms with Crippen LogP contribution in [-0.4, -0.2) is 15.7 Å². The van der Waals surface area contributed by atoms with Crippen LogP contribution in [0.3, 0.4) is 0 Å². The quantitative estimate of drug-likeness (QED) is 0.786. The van der Waals surface area contributed by atoms with Gasteiger partial charge < -0.3 is 9.73 Å². The van der Waals surface area contributed by atoms with Crippen LogP contribution in [0.15, 0.2) is 63.8 Å². The van der Waals surface area contributed by atoms with Gasteiger partial charge in [0.1, 0.15) is 6.54 Å². The van der Waals surface area contributed by atoms with Gasteiger partial charge in [-0.25, -0.2) is 4.79 Å². The number of aromatic nitrogens is 2. The zero-order valence-electron chi connectivity index (χ0n) is 14.2. The number of amides is 1. The number of hydrogen-bond donors (Lipinski definition) is 1. The van der Waals surface area contributed by atoms with E-state index in [2.05, 4.69) is 22.5 Å². The summed E-state index contributed by atoms with van der Waals surface area (Å²) in [6.07, 6.45) is 2.96. The number of benzene rings is 2. The Labute approximate surface area is 150 Å². The topological polar surface area (TPSA) is 77.1 Å². The predicted molar refractivity (Wildman–Crippen MR) is 96.5 cm³/mol. The fourth-order valence-electron chi connectivity index (χ4n) is 3.38. The summed E-state index contributed by atoms with van der Waals surface area (Å²) < 4.78 is 6.23. The normalized spacial score (nSPS) is 16.1. The number of aryl methyl sites for hydroxylation is 1. The molecule has 0 unspecified atom stereocenters. The fraction of sp³-hybridized carbons (Fsp3) is 0.250. The number of carbonyl (C=O) groups excluding carboxylic acids is 1. The molecule has 1 heterocycles. The van der Waals surface area contributed by atoms with Crippen molar-refractivity contribution >= 4 is 5.91 Å². The molecule has 132 valence electrons. The predicted octanol–water partition coefficient (Wildman–Crippen LogP) is 2.70. The third kappa shape index (κ3) is 3.31. The molecule has 1 N–H and O–H groups in total. The number of nitrogens with zero attached hydrogens (tertiary/aromatic N) is 2. The molecule has 0 aliphatic heterocycles. The van der Waals surface area contributed by atoms with Crippen LogP contribution in [0.1, 0.15) is 30.0 Å². The molecule has 2 aromatic carbocycles. The van der Waals surface area contributed by atoms with Crippen LogP contribution in [0.25, 0.3) is 11.5 Å². The molecular formula is C20H19N3O3. The van der Waals surface area contributed by atoms with Gasteiger partial charge in [-0.3, -0.25) is 4.79 Å². The number of nitrogens with one attached hydrogen (secondary N) is 1. The highest BCUT2D eigenvalue weighted by molar-refractivity contribution is 5.76. The summed E-state index contributed by atoms with van der Waals surface area (Å²) in [5, 5.41) is 7.15. The second-order valence-corrected chi connectivity index (χ2v) is 6.41. The Morgan fingerprint density at radius 2 is 1.92 bits per heavy atom. The molecule has 6 heteroatoms. The first kappa shape index (κ1) is 16.3. The molecule has 0 saturated heterocycles. The van der Waals surface area contributed by atoms with Gasteiger partial charge in [-0.2, -0.15) is 4.68 Å². The van der Waals surface area contributed by atoms with Crippen molar-refractivity contribution in [3.8, 4) is 11.5 Å². The first-order chi connectivity index (χ1) is 12.7. The Kier molecular flexibility index (Phi) is 4.39. The average molecular weight is 349 g/mol. The van der Waals surface area contributed by atoms with E-state index in [1.807, 2.05) is 30.3 Å². The van der Waals surface area contributed by atoms with Gasteiger partial charge in [-0.05, 0) is 42.5 Å². The van der Waals surface area contributed by atoms with Crippen molar-refractivity contribution in [2.75, 3.05) is 0 Å². The molecular weight excluding hydrogens is 330 g/mol. The Bertz CT molecular complexity index is 975. The van der Waals surface area contributed by atoms with Gasteiger partial charge in [0.2, 0.25) is 11.8 Å². The number of hydrogen-bond acceptors (Lipinski definition) is 4. The molecule has 3 aromatic rings. The molecule has 1 aliphatic carbocycles. The molecule has 0 spiro atoms. The second kappa shape index (κ2) is 7.00. The molecule has 1 amide bonds. The SMILES string of the molecule is O=C(Cn1nc(-c2ccccc2)oc1=O)N[C@@H]1CCCc2ccccc21. The smallest absolute Gasteiger partial charge is 0.388 e. The van der Waals surface area contributed by atoms with Crippen molar-refractivity contribution in [2.45, 2.75) is 31.8 Å². The van der Waals surface area contributed by atoms with Gasteiger partial charge >= 0.3 is 5.76 Å². The summed E-state index contributed by atoms with van der Waals surface area (Å²) in [5.74, 6) is -0.670. The highest BCUT2D eigenvalue weighted by Crippen LogP contribution is 2.29. The van der Waals surface area contributed by atoms with Crippen molar-refractivity contribution in [2.24, 2.45) is 0 Å². The monoisotopic (exact) mass is 349 g/mol. The lowest BCUT2D eigenvalue weighted by Crippen LogP contribution is -2.35. The van der Waals surface area contributed by atoms with Gasteiger partial charge in [-0.1, -0.05) is 42.5 Å². The molecule has 0 fully saturated rings. The van der Waals surface area contributed by atoms with Crippen molar-refractivity contribution in [1.29, 1.82) is 0 Å². The van der Waals surface area contributed by atoms with E-state index in [-0.39, 0.29) is 24.4 Å². The van der Waals surface area contributed by atoms with Crippen molar-refractivity contribution in [3.05, 3.63) is 76.3 Å². The third-order valence-corrected chi connectivity index (χ3v) is 4.63. The van der Waals surface area contributed by atoms with Crippen LogP contribution in [0.4, 0.5) is 0 Å².